The molecule has 1 atom stereocenters. The summed E-state index contributed by atoms with van der Waals surface area (Å²) in [6, 6.07) is 0.0903. The Morgan fingerprint density at radius 1 is 1.33 bits per heavy atom. The molecule has 2 amide bonds. The van der Waals surface area contributed by atoms with Crippen molar-refractivity contribution in [3.63, 3.8) is 0 Å². The molecule has 0 spiro atoms. The number of rotatable bonds is 3. The first-order chi connectivity index (χ1) is 9.60. The number of amides is 2. The first-order valence-electron chi connectivity index (χ1n) is 7.85. The minimum atomic E-state index is -0.484. The fraction of sp³-hybridized carbons (Fsp3) is 0.875. The Bertz CT molecular complexity index is 374. The number of ether oxygens (including phenoxy) is 1. The number of nitrogens with zero attached hydrogens (tertiary/aromatic N) is 2. The molecule has 1 fully saturated rings. The summed E-state index contributed by atoms with van der Waals surface area (Å²) >= 11 is 0. The summed E-state index contributed by atoms with van der Waals surface area (Å²) in [6.45, 7) is 13.4. The van der Waals surface area contributed by atoms with Crippen molar-refractivity contribution < 1.29 is 14.3 Å². The van der Waals surface area contributed by atoms with Gasteiger partial charge in [-0.05, 0) is 53.4 Å². The summed E-state index contributed by atoms with van der Waals surface area (Å²) in [6.07, 6.45) is 1.79. The number of hydrogen-bond acceptors (Lipinski definition) is 3. The van der Waals surface area contributed by atoms with Crippen molar-refractivity contribution in [2.45, 2.75) is 66.0 Å². The molecular weight excluding hydrogens is 268 g/mol. The zero-order valence-electron chi connectivity index (χ0n) is 14.3. The normalized spacial score (nSPS) is 19.6. The standard InChI is InChI=1S/C16H30N2O3/c1-12(2)18(15(20)21-16(4,5)6)11-14-8-7-9-17(10-14)13(3)19/h12,14H,7-11H2,1-6H3. The molecule has 1 rings (SSSR count). The van der Waals surface area contributed by atoms with Gasteiger partial charge in [0.05, 0.1) is 0 Å². The van der Waals surface area contributed by atoms with Gasteiger partial charge in [0.25, 0.3) is 0 Å². The van der Waals surface area contributed by atoms with Crippen LogP contribution in [0.3, 0.4) is 0 Å². The highest BCUT2D eigenvalue weighted by Crippen LogP contribution is 2.20. The summed E-state index contributed by atoms with van der Waals surface area (Å²) < 4.78 is 5.48. The predicted octanol–water partition coefficient (Wildman–Crippen LogP) is 2.89. The number of carbonyl (C=O) groups excluding carboxylic acids is 2. The summed E-state index contributed by atoms with van der Waals surface area (Å²) in [7, 11) is 0. The van der Waals surface area contributed by atoms with Gasteiger partial charge in [-0.2, -0.15) is 0 Å². The van der Waals surface area contributed by atoms with E-state index in [2.05, 4.69) is 0 Å². The van der Waals surface area contributed by atoms with Gasteiger partial charge in [-0.3, -0.25) is 4.79 Å². The third-order valence-electron chi connectivity index (χ3n) is 3.67. The van der Waals surface area contributed by atoms with Crippen LogP contribution in [-0.4, -0.2) is 53.1 Å². The lowest BCUT2D eigenvalue weighted by atomic mass is 9.97. The maximum Gasteiger partial charge on any atom is 0.410 e. The molecule has 1 aliphatic heterocycles. The van der Waals surface area contributed by atoms with Crippen LogP contribution in [0.25, 0.3) is 0 Å². The van der Waals surface area contributed by atoms with Crippen molar-refractivity contribution in [1.82, 2.24) is 9.80 Å². The third kappa shape index (κ3) is 5.94. The average molecular weight is 298 g/mol. The SMILES string of the molecule is CC(=O)N1CCCC(CN(C(=O)OC(C)(C)C)C(C)C)C1. The van der Waals surface area contributed by atoms with Crippen LogP contribution in [0.1, 0.15) is 54.4 Å². The van der Waals surface area contributed by atoms with Gasteiger partial charge in [0, 0.05) is 32.6 Å². The van der Waals surface area contributed by atoms with Crippen molar-refractivity contribution in [2.75, 3.05) is 19.6 Å². The van der Waals surface area contributed by atoms with Crippen LogP contribution < -0.4 is 0 Å². The largest absolute Gasteiger partial charge is 0.444 e. The molecule has 0 aromatic carbocycles. The highest BCUT2D eigenvalue weighted by molar-refractivity contribution is 5.73. The van der Waals surface area contributed by atoms with E-state index in [9.17, 15) is 9.59 Å². The van der Waals surface area contributed by atoms with E-state index in [1.54, 1.807) is 11.8 Å². The summed E-state index contributed by atoms with van der Waals surface area (Å²) in [5.74, 6) is 0.450. The van der Waals surface area contributed by atoms with Crippen LogP contribution in [0.15, 0.2) is 0 Å². The van der Waals surface area contributed by atoms with Crippen LogP contribution in [0.5, 0.6) is 0 Å². The Kier molecular flexibility index (Phi) is 6.05. The van der Waals surface area contributed by atoms with Crippen molar-refractivity contribution >= 4 is 12.0 Å². The van der Waals surface area contributed by atoms with E-state index >= 15 is 0 Å². The van der Waals surface area contributed by atoms with E-state index in [-0.39, 0.29) is 18.0 Å². The maximum atomic E-state index is 12.3. The fourth-order valence-corrected chi connectivity index (χ4v) is 2.59. The van der Waals surface area contributed by atoms with E-state index in [4.69, 9.17) is 4.74 Å². The molecule has 0 saturated carbocycles. The van der Waals surface area contributed by atoms with Crippen molar-refractivity contribution in [2.24, 2.45) is 5.92 Å². The number of carbonyl (C=O) groups is 2. The molecule has 5 nitrogen and oxygen atoms in total. The van der Waals surface area contributed by atoms with Gasteiger partial charge in [-0.1, -0.05) is 0 Å². The molecule has 1 unspecified atom stereocenters. The molecule has 21 heavy (non-hydrogen) atoms. The number of piperidine rings is 1. The molecule has 0 radical (unpaired) electrons. The summed E-state index contributed by atoms with van der Waals surface area (Å²) in [5, 5.41) is 0. The lowest BCUT2D eigenvalue weighted by molar-refractivity contribution is -0.130. The zero-order valence-corrected chi connectivity index (χ0v) is 14.3. The first kappa shape index (κ1) is 17.8. The Morgan fingerprint density at radius 3 is 2.43 bits per heavy atom. The monoisotopic (exact) mass is 298 g/mol. The van der Waals surface area contributed by atoms with Gasteiger partial charge in [-0.15, -0.1) is 0 Å². The lowest BCUT2D eigenvalue weighted by Crippen LogP contribution is -2.47. The Hall–Kier alpha value is -1.26. The minimum absolute atomic E-state index is 0.0903. The molecule has 1 heterocycles. The van der Waals surface area contributed by atoms with Gasteiger partial charge in [0.15, 0.2) is 0 Å². The van der Waals surface area contributed by atoms with Gasteiger partial charge >= 0.3 is 6.09 Å². The fourth-order valence-electron chi connectivity index (χ4n) is 2.59. The quantitative estimate of drug-likeness (QED) is 0.805. The van der Waals surface area contributed by atoms with Crippen LogP contribution >= 0.6 is 0 Å². The molecule has 0 aromatic heterocycles. The average Bonchev–Trinajstić information content (AvgIpc) is 2.33. The molecule has 5 heteroatoms. The number of hydrogen-bond donors (Lipinski definition) is 0. The highest BCUT2D eigenvalue weighted by atomic mass is 16.6. The van der Waals surface area contributed by atoms with E-state index in [0.29, 0.717) is 12.5 Å². The molecule has 0 aromatic rings. The van der Waals surface area contributed by atoms with Crippen LogP contribution in [0, 0.1) is 5.92 Å². The Labute approximate surface area is 128 Å². The van der Waals surface area contributed by atoms with Gasteiger partial charge < -0.3 is 14.5 Å². The van der Waals surface area contributed by atoms with E-state index in [0.717, 1.165) is 25.9 Å². The summed E-state index contributed by atoms with van der Waals surface area (Å²) in [4.78, 5) is 27.5. The van der Waals surface area contributed by atoms with Crippen molar-refractivity contribution in [3.8, 4) is 0 Å². The van der Waals surface area contributed by atoms with E-state index in [1.807, 2.05) is 39.5 Å². The third-order valence-corrected chi connectivity index (χ3v) is 3.67. The molecular formula is C16H30N2O3. The van der Waals surface area contributed by atoms with Crippen LogP contribution in [-0.2, 0) is 9.53 Å². The van der Waals surface area contributed by atoms with Crippen LogP contribution in [0.4, 0.5) is 4.79 Å². The Morgan fingerprint density at radius 2 is 1.95 bits per heavy atom. The van der Waals surface area contributed by atoms with Crippen molar-refractivity contribution in [1.29, 1.82) is 0 Å². The van der Waals surface area contributed by atoms with Gasteiger partial charge in [0.2, 0.25) is 5.91 Å². The van der Waals surface area contributed by atoms with Gasteiger partial charge in [0.1, 0.15) is 5.60 Å². The Balaban J connectivity index is 2.66. The second-order valence-corrected chi connectivity index (χ2v) is 7.20. The van der Waals surface area contributed by atoms with E-state index < -0.39 is 5.60 Å². The predicted molar refractivity (Wildman–Crippen MR) is 83.1 cm³/mol. The molecule has 0 N–H and O–H groups in total. The smallest absolute Gasteiger partial charge is 0.410 e. The van der Waals surface area contributed by atoms with Gasteiger partial charge in [-0.25, -0.2) is 4.79 Å². The molecule has 0 aliphatic carbocycles. The molecule has 122 valence electrons. The lowest BCUT2D eigenvalue weighted by Gasteiger charge is -2.37. The second-order valence-electron chi connectivity index (χ2n) is 7.20. The minimum Gasteiger partial charge on any atom is -0.444 e. The van der Waals surface area contributed by atoms with E-state index in [1.165, 1.54) is 0 Å². The van der Waals surface area contributed by atoms with Crippen molar-refractivity contribution in [3.05, 3.63) is 0 Å². The first-order valence-corrected chi connectivity index (χ1v) is 7.85. The highest BCUT2D eigenvalue weighted by Gasteiger charge is 2.29. The van der Waals surface area contributed by atoms with Crippen LogP contribution in [0.2, 0.25) is 0 Å². The number of likely N-dealkylation sites (tertiary alicyclic amines) is 1. The summed E-state index contributed by atoms with van der Waals surface area (Å²) in [5.41, 5.74) is -0.484. The zero-order chi connectivity index (χ0) is 16.2. The molecule has 0 bridgehead atoms. The topological polar surface area (TPSA) is 49.9 Å². The maximum absolute atomic E-state index is 12.3. The molecule has 1 aliphatic rings. The second kappa shape index (κ2) is 7.14. The molecule has 1 saturated heterocycles.